The fraction of sp³-hybridized carbons (Fsp3) is 0.179. The van der Waals surface area contributed by atoms with Crippen LogP contribution in [0.2, 0.25) is 10.0 Å². The standard InChI is InChI=1S/C28H26Cl2N2O2/c1-16(2)28(33)22(27(31)26-23(29)5-4-6-24(26)30)15-34-20-10-7-18(8-11-20)19-9-12-21-17(3)14-32-25(21)13-19/h4-14,16,32H,15,31H2,1-3H3/b27-22-. The van der Waals surface area contributed by atoms with E-state index in [1.54, 1.807) is 18.2 Å². The summed E-state index contributed by atoms with van der Waals surface area (Å²) < 4.78 is 5.98. The van der Waals surface area contributed by atoms with Gasteiger partial charge in [0.05, 0.1) is 21.3 Å². The number of ether oxygens (including phenoxy) is 1. The van der Waals surface area contributed by atoms with Crippen LogP contribution in [0.15, 0.2) is 72.4 Å². The van der Waals surface area contributed by atoms with Gasteiger partial charge in [0, 0.05) is 28.6 Å². The molecule has 3 aromatic carbocycles. The minimum Gasteiger partial charge on any atom is -0.489 e. The van der Waals surface area contributed by atoms with Crippen molar-refractivity contribution in [3.63, 3.8) is 0 Å². The van der Waals surface area contributed by atoms with Crippen molar-refractivity contribution in [3.05, 3.63) is 93.6 Å². The highest BCUT2D eigenvalue weighted by Gasteiger charge is 2.21. The van der Waals surface area contributed by atoms with E-state index in [0.717, 1.165) is 16.6 Å². The Morgan fingerprint density at radius 1 is 1.00 bits per heavy atom. The third-order valence-electron chi connectivity index (χ3n) is 5.84. The van der Waals surface area contributed by atoms with Crippen molar-refractivity contribution in [1.29, 1.82) is 0 Å². The lowest BCUT2D eigenvalue weighted by Gasteiger charge is -2.16. The van der Waals surface area contributed by atoms with E-state index in [4.69, 9.17) is 33.7 Å². The lowest BCUT2D eigenvalue weighted by Crippen LogP contribution is -2.21. The molecule has 0 saturated heterocycles. The number of carbonyl (C=O) groups is 1. The first kappa shape index (κ1) is 23.9. The predicted octanol–water partition coefficient (Wildman–Crippen LogP) is 7.42. The van der Waals surface area contributed by atoms with E-state index in [-0.39, 0.29) is 24.0 Å². The summed E-state index contributed by atoms with van der Waals surface area (Å²) in [6, 6.07) is 19.2. The maximum Gasteiger partial charge on any atom is 0.166 e. The van der Waals surface area contributed by atoms with Gasteiger partial charge in [0.1, 0.15) is 12.4 Å². The normalized spacial score (nSPS) is 12.2. The molecule has 3 N–H and O–H groups in total. The first-order valence-electron chi connectivity index (χ1n) is 11.0. The van der Waals surface area contributed by atoms with E-state index in [9.17, 15) is 4.79 Å². The van der Waals surface area contributed by atoms with Crippen molar-refractivity contribution in [2.45, 2.75) is 20.8 Å². The maximum atomic E-state index is 12.9. The van der Waals surface area contributed by atoms with Crippen molar-refractivity contribution < 1.29 is 9.53 Å². The van der Waals surface area contributed by atoms with Gasteiger partial charge in [-0.25, -0.2) is 0 Å². The number of aromatic nitrogens is 1. The molecule has 0 aliphatic heterocycles. The Kier molecular flexibility index (Phi) is 7.01. The molecule has 0 aliphatic carbocycles. The zero-order valence-corrected chi connectivity index (χ0v) is 20.8. The minimum absolute atomic E-state index is 0.0114. The molecule has 1 heterocycles. The molecule has 0 amide bonds. The summed E-state index contributed by atoms with van der Waals surface area (Å²) >= 11 is 12.7. The number of hydrogen-bond donors (Lipinski definition) is 2. The van der Waals surface area contributed by atoms with Gasteiger partial charge in [-0.3, -0.25) is 4.79 Å². The zero-order chi connectivity index (χ0) is 24.4. The Morgan fingerprint density at radius 3 is 2.29 bits per heavy atom. The fourth-order valence-corrected chi connectivity index (χ4v) is 4.49. The molecule has 0 radical (unpaired) electrons. The smallest absolute Gasteiger partial charge is 0.166 e. The quantitative estimate of drug-likeness (QED) is 0.263. The Morgan fingerprint density at radius 2 is 1.65 bits per heavy atom. The molecular formula is C28H26Cl2N2O2. The van der Waals surface area contributed by atoms with Crippen LogP contribution in [0.5, 0.6) is 5.75 Å². The van der Waals surface area contributed by atoms with Gasteiger partial charge in [-0.05, 0) is 53.9 Å². The molecule has 0 bridgehead atoms. The van der Waals surface area contributed by atoms with Crippen molar-refractivity contribution in [3.8, 4) is 16.9 Å². The van der Waals surface area contributed by atoms with E-state index in [1.807, 2.05) is 44.3 Å². The molecule has 174 valence electrons. The molecule has 0 spiro atoms. The molecule has 0 unspecified atom stereocenters. The molecule has 4 rings (SSSR count). The van der Waals surface area contributed by atoms with Crippen LogP contribution in [0.3, 0.4) is 0 Å². The molecule has 1 aromatic heterocycles. The third kappa shape index (κ3) is 4.84. The van der Waals surface area contributed by atoms with E-state index < -0.39 is 0 Å². The van der Waals surface area contributed by atoms with Crippen LogP contribution < -0.4 is 10.5 Å². The highest BCUT2D eigenvalue weighted by Crippen LogP contribution is 2.32. The van der Waals surface area contributed by atoms with Gasteiger partial charge in [0.15, 0.2) is 5.78 Å². The first-order valence-corrected chi connectivity index (χ1v) is 11.8. The topological polar surface area (TPSA) is 68.1 Å². The van der Waals surface area contributed by atoms with Gasteiger partial charge in [0.2, 0.25) is 0 Å². The van der Waals surface area contributed by atoms with Crippen LogP contribution in [-0.4, -0.2) is 17.4 Å². The third-order valence-corrected chi connectivity index (χ3v) is 6.47. The van der Waals surface area contributed by atoms with E-state index >= 15 is 0 Å². The number of ketones is 1. The van der Waals surface area contributed by atoms with Gasteiger partial charge < -0.3 is 15.5 Å². The summed E-state index contributed by atoms with van der Waals surface area (Å²) in [7, 11) is 0. The summed E-state index contributed by atoms with van der Waals surface area (Å²) in [6.07, 6.45) is 2.01. The van der Waals surface area contributed by atoms with E-state index in [2.05, 4.69) is 30.1 Å². The number of H-pyrrole nitrogens is 1. The summed E-state index contributed by atoms with van der Waals surface area (Å²) in [5.74, 6) is 0.264. The number of rotatable bonds is 7. The van der Waals surface area contributed by atoms with Crippen LogP contribution in [0.25, 0.3) is 27.7 Å². The van der Waals surface area contributed by atoms with Gasteiger partial charge in [-0.2, -0.15) is 0 Å². The van der Waals surface area contributed by atoms with Crippen molar-refractivity contribution in [2.75, 3.05) is 6.61 Å². The highest BCUT2D eigenvalue weighted by molar-refractivity contribution is 6.37. The van der Waals surface area contributed by atoms with Crippen LogP contribution in [0, 0.1) is 12.8 Å². The number of aryl methyl sites for hydroxylation is 1. The molecule has 0 aliphatic rings. The molecule has 6 heteroatoms. The van der Waals surface area contributed by atoms with Crippen molar-refractivity contribution in [2.24, 2.45) is 11.7 Å². The largest absolute Gasteiger partial charge is 0.489 e. The number of carbonyl (C=O) groups excluding carboxylic acids is 1. The van der Waals surface area contributed by atoms with Gasteiger partial charge in [-0.15, -0.1) is 0 Å². The summed E-state index contributed by atoms with van der Waals surface area (Å²) in [4.78, 5) is 16.2. The molecular weight excluding hydrogens is 467 g/mol. The average molecular weight is 493 g/mol. The summed E-state index contributed by atoms with van der Waals surface area (Å²) in [6.45, 7) is 5.74. The minimum atomic E-state index is -0.257. The second-order valence-corrected chi connectivity index (χ2v) is 9.37. The second-order valence-electron chi connectivity index (χ2n) is 8.55. The predicted molar refractivity (Wildman–Crippen MR) is 141 cm³/mol. The molecule has 0 saturated carbocycles. The number of benzene rings is 3. The van der Waals surface area contributed by atoms with Gasteiger partial charge >= 0.3 is 0 Å². The van der Waals surface area contributed by atoms with Crippen LogP contribution in [-0.2, 0) is 4.79 Å². The lowest BCUT2D eigenvalue weighted by atomic mass is 9.97. The maximum absolute atomic E-state index is 12.9. The number of fused-ring (bicyclic) bond motifs is 1. The molecule has 34 heavy (non-hydrogen) atoms. The molecule has 0 atom stereocenters. The number of nitrogens with one attached hydrogen (secondary N) is 1. The SMILES string of the molecule is Cc1c[nH]c2cc(-c3ccc(OC/C(C(=O)C(C)C)=C(/N)c4c(Cl)cccc4Cl)cc3)ccc12. The van der Waals surface area contributed by atoms with Crippen molar-refractivity contribution >= 4 is 45.6 Å². The number of nitrogens with two attached hydrogens (primary N) is 1. The van der Waals surface area contributed by atoms with Crippen molar-refractivity contribution in [1.82, 2.24) is 4.98 Å². The van der Waals surface area contributed by atoms with Crippen LogP contribution in [0.4, 0.5) is 0 Å². The Hall–Kier alpha value is -3.21. The molecule has 0 fully saturated rings. The fourth-order valence-electron chi connectivity index (χ4n) is 3.89. The number of hydrogen-bond acceptors (Lipinski definition) is 3. The number of halogens is 2. The van der Waals surface area contributed by atoms with Crippen LogP contribution >= 0.6 is 23.2 Å². The second kappa shape index (κ2) is 9.96. The summed E-state index contributed by atoms with van der Waals surface area (Å²) in [5, 5.41) is 1.99. The highest BCUT2D eigenvalue weighted by atomic mass is 35.5. The number of Topliss-reactive ketones (excluding diaryl/α,β-unsaturated/α-hetero) is 1. The Balaban J connectivity index is 1.58. The zero-order valence-electron chi connectivity index (χ0n) is 19.3. The Labute approximate surface area is 209 Å². The number of aromatic amines is 1. The lowest BCUT2D eigenvalue weighted by molar-refractivity contribution is -0.118. The molecule has 4 aromatic rings. The first-order chi connectivity index (χ1) is 16.3. The average Bonchev–Trinajstić information content (AvgIpc) is 3.19. The Bertz CT molecular complexity index is 1370. The van der Waals surface area contributed by atoms with Gasteiger partial charge in [-0.1, -0.05) is 67.4 Å². The monoisotopic (exact) mass is 492 g/mol. The summed E-state index contributed by atoms with van der Waals surface area (Å²) in [5.41, 5.74) is 11.9. The van der Waals surface area contributed by atoms with E-state index in [1.165, 1.54) is 10.9 Å². The van der Waals surface area contributed by atoms with Gasteiger partial charge in [0.25, 0.3) is 0 Å². The molecule has 4 nitrogen and oxygen atoms in total. The van der Waals surface area contributed by atoms with Crippen LogP contribution in [0.1, 0.15) is 25.0 Å². The van der Waals surface area contributed by atoms with E-state index in [0.29, 0.717) is 26.9 Å².